The van der Waals surface area contributed by atoms with E-state index in [0.717, 1.165) is 5.56 Å². The molecule has 0 radical (unpaired) electrons. The molecule has 1 amide bonds. The van der Waals surface area contributed by atoms with Crippen molar-refractivity contribution >= 4 is 37.6 Å². The second kappa shape index (κ2) is 9.80. The molecule has 3 rings (SSSR count). The van der Waals surface area contributed by atoms with Crippen LogP contribution in [-0.2, 0) is 31.4 Å². The molecule has 1 aromatic rings. The Bertz CT molecular complexity index is 1350. The molecular weight excluding hydrogens is 486 g/mol. The van der Waals surface area contributed by atoms with E-state index >= 15 is 0 Å². The van der Waals surface area contributed by atoms with Crippen LogP contribution in [0.5, 0.6) is 0 Å². The van der Waals surface area contributed by atoms with Gasteiger partial charge in [-0.15, -0.1) is 0 Å². The van der Waals surface area contributed by atoms with Crippen molar-refractivity contribution in [3.63, 3.8) is 0 Å². The van der Waals surface area contributed by atoms with Gasteiger partial charge < -0.3 is 4.55 Å². The number of carbonyl (C=O) groups excluding carboxylic acids is 1. The predicted molar refractivity (Wildman–Crippen MR) is 125 cm³/mol. The summed E-state index contributed by atoms with van der Waals surface area (Å²) < 4.78 is 62.0. The van der Waals surface area contributed by atoms with E-state index < -0.39 is 26.0 Å². The second-order valence-corrected chi connectivity index (χ2v) is 11.4. The Labute approximate surface area is 198 Å². The van der Waals surface area contributed by atoms with Crippen LogP contribution in [0.2, 0.25) is 5.02 Å². The maximum absolute atomic E-state index is 12.3. The van der Waals surface area contributed by atoms with Crippen molar-refractivity contribution in [2.45, 2.75) is 48.8 Å². The van der Waals surface area contributed by atoms with Gasteiger partial charge in [-0.25, -0.2) is 21.6 Å². The first-order valence-electron chi connectivity index (χ1n) is 10.2. The Balaban J connectivity index is 1.76. The number of benzene rings is 1. The summed E-state index contributed by atoms with van der Waals surface area (Å²) in [5, 5.41) is 0.371. The largest absolute Gasteiger partial charge is 0.744 e. The number of carbonyl (C=O) groups is 1. The molecule has 0 bridgehead atoms. The van der Waals surface area contributed by atoms with Crippen molar-refractivity contribution in [1.29, 1.82) is 0 Å². The first-order valence-corrected chi connectivity index (χ1v) is 13.5. The fourth-order valence-corrected chi connectivity index (χ4v) is 5.39. The molecule has 0 saturated carbocycles. The normalized spacial score (nSPS) is 12.3. The van der Waals surface area contributed by atoms with Crippen LogP contribution in [0.25, 0.3) is 11.1 Å². The molecule has 1 aromatic carbocycles. The minimum absolute atomic E-state index is 0.0824. The number of rotatable bonds is 8. The lowest BCUT2D eigenvalue weighted by Gasteiger charge is -2.07. The maximum Gasteiger partial charge on any atom is 0.264 e. The van der Waals surface area contributed by atoms with Gasteiger partial charge in [0.2, 0.25) is 5.91 Å². The number of amides is 1. The van der Waals surface area contributed by atoms with Gasteiger partial charge in [0.05, 0.1) is 9.79 Å². The van der Waals surface area contributed by atoms with E-state index in [1.54, 1.807) is 18.2 Å². The van der Waals surface area contributed by atoms with Gasteiger partial charge in [0.15, 0.2) is 0 Å². The van der Waals surface area contributed by atoms with Crippen LogP contribution >= 0.6 is 11.6 Å². The molecule has 0 atom stereocenters. The van der Waals surface area contributed by atoms with Gasteiger partial charge in [-0.1, -0.05) is 49.7 Å². The molecule has 176 valence electrons. The molecule has 0 unspecified atom stereocenters. The number of halogens is 1. The van der Waals surface area contributed by atoms with Gasteiger partial charge >= 0.3 is 0 Å². The van der Waals surface area contributed by atoms with Crippen molar-refractivity contribution < 1.29 is 26.2 Å². The molecular formula is C23H23ClNO6S2-. The van der Waals surface area contributed by atoms with Crippen molar-refractivity contribution in [3.05, 3.63) is 70.7 Å². The molecule has 33 heavy (non-hydrogen) atoms. The Morgan fingerprint density at radius 1 is 0.970 bits per heavy atom. The van der Waals surface area contributed by atoms with Crippen LogP contribution in [0.15, 0.2) is 64.4 Å². The fraction of sp³-hybridized carbons (Fsp3) is 0.261. The number of nitrogens with one attached hydrogen (secondary N) is 1. The molecule has 10 heteroatoms. The monoisotopic (exact) mass is 508 g/mol. The third-order valence-corrected chi connectivity index (χ3v) is 7.77. The van der Waals surface area contributed by atoms with E-state index in [1.165, 1.54) is 30.3 Å². The van der Waals surface area contributed by atoms with Gasteiger partial charge in [0, 0.05) is 11.4 Å². The topological polar surface area (TPSA) is 120 Å². The molecule has 0 fully saturated rings. The average Bonchev–Trinajstić information content (AvgIpc) is 2.91. The number of fused-ring (bicyclic) bond motifs is 1. The van der Waals surface area contributed by atoms with E-state index in [-0.39, 0.29) is 28.6 Å². The first-order chi connectivity index (χ1) is 15.4. The van der Waals surface area contributed by atoms with Crippen molar-refractivity contribution in [2.24, 2.45) is 0 Å². The highest BCUT2D eigenvalue weighted by Crippen LogP contribution is 2.36. The average molecular weight is 509 g/mol. The molecule has 2 aliphatic rings. The SMILES string of the molecule is CC(C)c1ccc2c(CCCC(=O)NS(=O)(=O)c3ccc(Cl)cc3)cc(S(=O)(=O)[O-])c-2cc1. The third kappa shape index (κ3) is 6.11. The summed E-state index contributed by atoms with van der Waals surface area (Å²) in [7, 11) is -8.71. The summed E-state index contributed by atoms with van der Waals surface area (Å²) in [5.41, 5.74) is 2.55. The molecule has 2 aliphatic carbocycles. The fourth-order valence-electron chi connectivity index (χ4n) is 3.51. The van der Waals surface area contributed by atoms with Gasteiger partial charge in [-0.2, -0.15) is 0 Å². The standard InChI is InChI=1S/C23H24ClNO6S2/c1-15(2)16-6-12-20-17(14-22(33(29,30)31)21(20)13-7-16)4-3-5-23(26)25-32(27,28)19-10-8-18(24)9-11-19/h6-15H,3-5H2,1-2H3,(H,25,26)(H,29,30,31)/p-1. The first kappa shape index (κ1) is 25.2. The van der Waals surface area contributed by atoms with E-state index in [1.807, 2.05) is 24.6 Å². The van der Waals surface area contributed by atoms with Crippen molar-refractivity contribution in [2.75, 3.05) is 0 Å². The molecule has 1 N–H and O–H groups in total. The second-order valence-electron chi connectivity index (χ2n) is 7.97. The van der Waals surface area contributed by atoms with Crippen molar-refractivity contribution in [3.8, 4) is 11.1 Å². The van der Waals surface area contributed by atoms with Gasteiger partial charge in [0.25, 0.3) is 10.0 Å². The smallest absolute Gasteiger partial charge is 0.264 e. The Hall–Kier alpha value is -2.46. The van der Waals surface area contributed by atoms with Crippen LogP contribution in [0.1, 0.15) is 43.7 Å². The minimum atomic E-state index is -4.69. The summed E-state index contributed by atoms with van der Waals surface area (Å²) in [5.74, 6) is -0.478. The summed E-state index contributed by atoms with van der Waals surface area (Å²) in [6.07, 6.45) is 0.450. The zero-order chi connectivity index (χ0) is 24.4. The Morgan fingerprint density at radius 2 is 1.58 bits per heavy atom. The number of sulfonamides is 1. The van der Waals surface area contributed by atoms with Crippen LogP contribution in [0, 0.1) is 0 Å². The lowest BCUT2D eigenvalue weighted by atomic mass is 10.0. The summed E-state index contributed by atoms with van der Waals surface area (Å²) in [6.45, 7) is 4.01. The van der Waals surface area contributed by atoms with E-state index in [4.69, 9.17) is 11.6 Å². The molecule has 0 spiro atoms. The van der Waals surface area contributed by atoms with Crippen LogP contribution < -0.4 is 4.72 Å². The third-order valence-electron chi connectivity index (χ3n) is 5.25. The van der Waals surface area contributed by atoms with E-state index in [9.17, 15) is 26.2 Å². The number of aryl methyl sites for hydroxylation is 1. The van der Waals surface area contributed by atoms with Crippen molar-refractivity contribution in [1.82, 2.24) is 4.72 Å². The molecule has 7 nitrogen and oxygen atoms in total. The minimum Gasteiger partial charge on any atom is -0.744 e. The maximum atomic E-state index is 12.3. The highest BCUT2D eigenvalue weighted by Gasteiger charge is 2.21. The summed E-state index contributed by atoms with van der Waals surface area (Å²) in [4.78, 5) is 11.8. The highest BCUT2D eigenvalue weighted by atomic mass is 35.5. The van der Waals surface area contributed by atoms with Crippen LogP contribution in [-0.4, -0.2) is 27.3 Å². The number of hydrogen-bond acceptors (Lipinski definition) is 6. The summed E-state index contributed by atoms with van der Waals surface area (Å²) in [6, 6.07) is 13.8. The highest BCUT2D eigenvalue weighted by molar-refractivity contribution is 7.90. The molecule has 0 saturated heterocycles. The molecule has 0 aromatic heterocycles. The van der Waals surface area contributed by atoms with Gasteiger partial charge in [-0.05, 0) is 71.3 Å². The van der Waals surface area contributed by atoms with E-state index in [0.29, 0.717) is 28.1 Å². The lowest BCUT2D eigenvalue weighted by molar-refractivity contribution is -0.119. The molecule has 0 heterocycles. The Kier molecular flexibility index (Phi) is 7.48. The number of hydrogen-bond donors (Lipinski definition) is 1. The lowest BCUT2D eigenvalue weighted by Crippen LogP contribution is -2.30. The Morgan fingerprint density at radius 3 is 2.15 bits per heavy atom. The summed E-state index contributed by atoms with van der Waals surface area (Å²) >= 11 is 5.76. The van der Waals surface area contributed by atoms with Crippen LogP contribution in [0.4, 0.5) is 0 Å². The zero-order valence-electron chi connectivity index (χ0n) is 18.0. The van der Waals surface area contributed by atoms with Gasteiger partial charge in [-0.3, -0.25) is 4.79 Å². The molecule has 0 aliphatic heterocycles. The predicted octanol–water partition coefficient (Wildman–Crippen LogP) is 4.30. The van der Waals surface area contributed by atoms with Gasteiger partial charge in [0.1, 0.15) is 10.1 Å². The van der Waals surface area contributed by atoms with Crippen LogP contribution in [0.3, 0.4) is 0 Å². The zero-order valence-corrected chi connectivity index (χ0v) is 20.4. The van der Waals surface area contributed by atoms with E-state index in [2.05, 4.69) is 0 Å². The quantitative estimate of drug-likeness (QED) is 0.453.